The number of esters is 1. The third-order valence-corrected chi connectivity index (χ3v) is 10.2. The smallest absolute Gasteiger partial charge is 0.338 e. The Hall–Kier alpha value is -1.81. The maximum absolute atomic E-state index is 14.1. The highest BCUT2D eigenvalue weighted by atomic mass is 35.5. The van der Waals surface area contributed by atoms with E-state index >= 15 is 0 Å². The average molecular weight is 521 g/mol. The molecule has 1 aliphatic heterocycles. The van der Waals surface area contributed by atoms with Gasteiger partial charge in [-0.15, -0.1) is 11.6 Å². The lowest BCUT2D eigenvalue weighted by Crippen LogP contribution is -2.80. The Labute approximate surface area is 214 Å². The predicted molar refractivity (Wildman–Crippen MR) is 129 cm³/mol. The van der Waals surface area contributed by atoms with Gasteiger partial charge in [0, 0.05) is 23.1 Å². The summed E-state index contributed by atoms with van der Waals surface area (Å²) in [5.74, 6) is -2.61. The fraction of sp³-hybridized carbons (Fsp3) is 0.630. The monoisotopic (exact) mass is 520 g/mol. The lowest BCUT2D eigenvalue weighted by atomic mass is 9.45. The standard InChI is InChI=1S/C27H33ClO8/c1-13-15(29)11-27(34)22(36-23(32)14-8-6-5-7-9-14)20-25(4,16(28)10-17-26(20,33)12-35-17)21(31)19(30)18(13)24(27,2)3/h5-9,15-17,19-20,22,29-30,33-34H,10-12H2,1-4H3. The van der Waals surface area contributed by atoms with E-state index in [1.807, 2.05) is 0 Å². The highest BCUT2D eigenvalue weighted by Gasteiger charge is 2.76. The van der Waals surface area contributed by atoms with Crippen molar-refractivity contribution >= 4 is 23.4 Å². The lowest BCUT2D eigenvalue weighted by Gasteiger charge is -2.66. The molecule has 0 aromatic heterocycles. The fourth-order valence-electron chi connectivity index (χ4n) is 7.23. The van der Waals surface area contributed by atoms with E-state index in [0.29, 0.717) is 5.57 Å². The number of ether oxygens (including phenoxy) is 2. The molecule has 2 bridgehead atoms. The second-order valence-electron chi connectivity index (χ2n) is 11.6. The second-order valence-corrected chi connectivity index (χ2v) is 12.1. The molecular weight excluding hydrogens is 488 g/mol. The Balaban J connectivity index is 1.78. The van der Waals surface area contributed by atoms with Gasteiger partial charge in [0.05, 0.1) is 29.8 Å². The first kappa shape index (κ1) is 25.8. The number of aliphatic hydroxyl groups excluding tert-OH is 2. The van der Waals surface area contributed by atoms with Crippen LogP contribution in [0.25, 0.3) is 0 Å². The average Bonchev–Trinajstić information content (AvgIpc) is 2.83. The van der Waals surface area contributed by atoms with Crippen molar-refractivity contribution in [3.8, 4) is 0 Å². The van der Waals surface area contributed by atoms with Gasteiger partial charge in [-0.2, -0.15) is 0 Å². The van der Waals surface area contributed by atoms with Crippen LogP contribution in [-0.4, -0.2) is 79.8 Å². The van der Waals surface area contributed by atoms with E-state index in [1.165, 1.54) is 0 Å². The van der Waals surface area contributed by atoms with Gasteiger partial charge in [-0.3, -0.25) is 4.79 Å². The largest absolute Gasteiger partial charge is 0.455 e. The number of hydrogen-bond acceptors (Lipinski definition) is 8. The predicted octanol–water partition coefficient (Wildman–Crippen LogP) is 1.76. The second kappa shape index (κ2) is 8.09. The molecule has 1 aromatic rings. The molecule has 5 rings (SSSR count). The Morgan fingerprint density at radius 2 is 1.78 bits per heavy atom. The number of aliphatic hydroxyl groups is 4. The number of carbonyl (C=O) groups excluding carboxylic acids is 2. The highest BCUT2D eigenvalue weighted by Crippen LogP contribution is 2.63. The number of alkyl halides is 1. The first-order chi connectivity index (χ1) is 16.7. The van der Waals surface area contributed by atoms with E-state index in [-0.39, 0.29) is 30.6 Å². The summed E-state index contributed by atoms with van der Waals surface area (Å²) in [5, 5.41) is 45.9. The zero-order chi connectivity index (χ0) is 26.4. The molecule has 0 spiro atoms. The van der Waals surface area contributed by atoms with Gasteiger partial charge in [0.15, 0.2) is 5.78 Å². The summed E-state index contributed by atoms with van der Waals surface area (Å²) in [6, 6.07) is 8.22. The summed E-state index contributed by atoms with van der Waals surface area (Å²) in [6.45, 7) is 6.33. The van der Waals surface area contributed by atoms with Gasteiger partial charge in [-0.05, 0) is 36.6 Å². The molecule has 3 aliphatic carbocycles. The first-order valence-corrected chi connectivity index (χ1v) is 12.7. The van der Waals surface area contributed by atoms with E-state index in [4.69, 9.17) is 21.1 Å². The normalized spacial score (nSPS) is 45.5. The van der Waals surface area contributed by atoms with Crippen LogP contribution in [0.15, 0.2) is 41.5 Å². The minimum Gasteiger partial charge on any atom is -0.455 e. The molecule has 196 valence electrons. The van der Waals surface area contributed by atoms with Crippen LogP contribution in [0.4, 0.5) is 0 Å². The molecule has 1 saturated heterocycles. The Bertz CT molecular complexity index is 1130. The summed E-state index contributed by atoms with van der Waals surface area (Å²) in [5.41, 5.74) is -5.74. The van der Waals surface area contributed by atoms with Crippen LogP contribution in [-0.2, 0) is 14.3 Å². The quantitative estimate of drug-likeness (QED) is 0.263. The highest BCUT2D eigenvalue weighted by molar-refractivity contribution is 6.23. The summed E-state index contributed by atoms with van der Waals surface area (Å²) < 4.78 is 11.7. The SMILES string of the molecule is CC1=C2C(O)C(=O)C3(C)C(Cl)CC4OCC4(O)C3C(OC(=O)c3ccccc3)C(O)(CC1O)C2(C)C. The number of hydrogen-bond donors (Lipinski definition) is 4. The zero-order valence-electron chi connectivity index (χ0n) is 20.8. The van der Waals surface area contributed by atoms with Crippen LogP contribution < -0.4 is 0 Å². The van der Waals surface area contributed by atoms with Crippen molar-refractivity contribution in [1.82, 2.24) is 0 Å². The lowest BCUT2D eigenvalue weighted by molar-refractivity contribution is -0.328. The van der Waals surface area contributed by atoms with Crippen molar-refractivity contribution in [2.45, 2.75) is 81.5 Å². The van der Waals surface area contributed by atoms with Gasteiger partial charge in [0.25, 0.3) is 0 Å². The minimum absolute atomic E-state index is 0.144. The van der Waals surface area contributed by atoms with Crippen LogP contribution in [0, 0.1) is 16.7 Å². The molecule has 9 atom stereocenters. The third kappa shape index (κ3) is 3.12. The van der Waals surface area contributed by atoms with Crippen molar-refractivity contribution < 1.29 is 39.5 Å². The number of ketones is 1. The van der Waals surface area contributed by atoms with Gasteiger partial charge in [-0.1, -0.05) is 39.0 Å². The molecule has 36 heavy (non-hydrogen) atoms. The Morgan fingerprint density at radius 3 is 2.36 bits per heavy atom. The number of fused-ring (bicyclic) bond motifs is 5. The van der Waals surface area contributed by atoms with Crippen LogP contribution >= 0.6 is 11.6 Å². The van der Waals surface area contributed by atoms with Crippen LogP contribution in [0.1, 0.15) is 50.9 Å². The summed E-state index contributed by atoms with van der Waals surface area (Å²) in [4.78, 5) is 27.5. The maximum atomic E-state index is 14.1. The van der Waals surface area contributed by atoms with Crippen LogP contribution in [0.2, 0.25) is 0 Å². The number of Topliss-reactive ketones (excluding diaryl/α,β-unsaturated/α-hetero) is 1. The summed E-state index contributed by atoms with van der Waals surface area (Å²) in [6.07, 6.45) is -5.17. The molecule has 1 aromatic carbocycles. The van der Waals surface area contributed by atoms with E-state index in [9.17, 15) is 30.0 Å². The zero-order valence-corrected chi connectivity index (χ0v) is 21.5. The molecular formula is C27H33ClO8. The van der Waals surface area contributed by atoms with Crippen molar-refractivity contribution in [3.63, 3.8) is 0 Å². The van der Waals surface area contributed by atoms with Crippen LogP contribution in [0.3, 0.4) is 0 Å². The molecule has 2 saturated carbocycles. The topological polar surface area (TPSA) is 134 Å². The van der Waals surface area contributed by atoms with Gasteiger partial charge < -0.3 is 29.9 Å². The molecule has 9 heteroatoms. The van der Waals surface area contributed by atoms with E-state index in [1.54, 1.807) is 58.0 Å². The molecule has 4 aliphatic rings. The summed E-state index contributed by atoms with van der Waals surface area (Å²) >= 11 is 6.82. The van der Waals surface area contributed by atoms with E-state index in [0.717, 1.165) is 0 Å². The third-order valence-electron chi connectivity index (χ3n) is 9.58. The van der Waals surface area contributed by atoms with Crippen molar-refractivity contribution in [3.05, 3.63) is 47.0 Å². The molecule has 8 nitrogen and oxygen atoms in total. The number of halogens is 1. The van der Waals surface area contributed by atoms with E-state index in [2.05, 4.69) is 0 Å². The Morgan fingerprint density at radius 1 is 1.14 bits per heavy atom. The van der Waals surface area contributed by atoms with E-state index < -0.39 is 69.5 Å². The molecule has 3 fully saturated rings. The minimum atomic E-state index is -1.97. The van der Waals surface area contributed by atoms with Gasteiger partial charge >= 0.3 is 5.97 Å². The number of rotatable bonds is 2. The summed E-state index contributed by atoms with van der Waals surface area (Å²) in [7, 11) is 0. The van der Waals surface area contributed by atoms with Crippen molar-refractivity contribution in [2.24, 2.45) is 16.7 Å². The molecule has 0 radical (unpaired) electrons. The Kier molecular flexibility index (Phi) is 5.80. The number of carbonyl (C=O) groups is 2. The molecule has 4 N–H and O–H groups in total. The van der Waals surface area contributed by atoms with Crippen molar-refractivity contribution in [2.75, 3.05) is 6.61 Å². The van der Waals surface area contributed by atoms with Gasteiger partial charge in [0.2, 0.25) is 0 Å². The van der Waals surface area contributed by atoms with Crippen molar-refractivity contribution in [1.29, 1.82) is 0 Å². The molecule has 0 amide bonds. The first-order valence-electron chi connectivity index (χ1n) is 12.3. The molecule has 9 unspecified atom stereocenters. The number of benzene rings is 1. The fourth-order valence-corrected chi connectivity index (χ4v) is 7.63. The maximum Gasteiger partial charge on any atom is 0.338 e. The van der Waals surface area contributed by atoms with Gasteiger partial charge in [0.1, 0.15) is 23.4 Å². The van der Waals surface area contributed by atoms with Crippen LogP contribution in [0.5, 0.6) is 0 Å². The molecule has 1 heterocycles. The van der Waals surface area contributed by atoms with Gasteiger partial charge in [-0.25, -0.2) is 4.79 Å².